The number of halogens is 3. The van der Waals surface area contributed by atoms with Crippen molar-refractivity contribution in [1.29, 1.82) is 0 Å². The molecule has 0 heterocycles. The lowest BCUT2D eigenvalue weighted by atomic mass is 10.1. The molecule has 60 valence electrons. The van der Waals surface area contributed by atoms with Crippen LogP contribution in [0.5, 0.6) is 0 Å². The zero-order chi connectivity index (χ0) is 8.36. The van der Waals surface area contributed by atoms with Crippen LogP contribution in [0, 0.1) is 5.92 Å². The molecule has 0 aromatic carbocycles. The maximum absolute atomic E-state index is 11.6. The quantitative estimate of drug-likeness (QED) is 0.506. The first-order chi connectivity index (χ1) is 4.33. The topological polar surface area (TPSA) is 0 Å². The molecule has 0 amide bonds. The van der Waals surface area contributed by atoms with E-state index in [9.17, 15) is 13.2 Å². The standard InChI is InChI=1S/C7H11F3/c1-5(2)6(3)4-7(8,9)10/h4-5H,1-3H3/b6-4-. The summed E-state index contributed by atoms with van der Waals surface area (Å²) < 4.78 is 34.8. The molecule has 0 atom stereocenters. The second kappa shape index (κ2) is 3.08. The fourth-order valence-corrected chi connectivity index (χ4v) is 0.425. The SMILES string of the molecule is C/C(=C/C(F)(F)F)C(C)C. The van der Waals surface area contributed by atoms with Gasteiger partial charge in [0, 0.05) is 6.08 Å². The van der Waals surface area contributed by atoms with Crippen molar-refractivity contribution in [2.75, 3.05) is 0 Å². The van der Waals surface area contributed by atoms with Crippen LogP contribution < -0.4 is 0 Å². The predicted octanol–water partition coefficient (Wildman–Crippen LogP) is 3.15. The normalized spacial score (nSPS) is 14.5. The largest absolute Gasteiger partial charge is 0.409 e. The van der Waals surface area contributed by atoms with Gasteiger partial charge in [0.15, 0.2) is 0 Å². The highest BCUT2D eigenvalue weighted by Crippen LogP contribution is 2.21. The van der Waals surface area contributed by atoms with E-state index in [-0.39, 0.29) is 5.92 Å². The van der Waals surface area contributed by atoms with E-state index in [2.05, 4.69) is 0 Å². The van der Waals surface area contributed by atoms with E-state index in [0.717, 1.165) is 0 Å². The summed E-state index contributed by atoms with van der Waals surface area (Å²) in [6, 6.07) is 0. The van der Waals surface area contributed by atoms with Gasteiger partial charge in [-0.1, -0.05) is 19.4 Å². The van der Waals surface area contributed by atoms with E-state index in [0.29, 0.717) is 11.6 Å². The van der Waals surface area contributed by atoms with Crippen LogP contribution in [0.2, 0.25) is 0 Å². The van der Waals surface area contributed by atoms with Gasteiger partial charge < -0.3 is 0 Å². The minimum Gasteiger partial charge on any atom is -0.167 e. The van der Waals surface area contributed by atoms with Crippen molar-refractivity contribution in [3.8, 4) is 0 Å². The molecular weight excluding hydrogens is 141 g/mol. The highest BCUT2D eigenvalue weighted by Gasteiger charge is 2.23. The van der Waals surface area contributed by atoms with E-state index in [1.54, 1.807) is 13.8 Å². The molecule has 10 heavy (non-hydrogen) atoms. The van der Waals surface area contributed by atoms with E-state index in [4.69, 9.17) is 0 Å². The summed E-state index contributed by atoms with van der Waals surface area (Å²) in [4.78, 5) is 0. The number of allylic oxidation sites excluding steroid dienone is 2. The molecule has 0 aliphatic carbocycles. The molecule has 0 aliphatic heterocycles. The van der Waals surface area contributed by atoms with Crippen molar-refractivity contribution in [1.82, 2.24) is 0 Å². The van der Waals surface area contributed by atoms with Crippen molar-refractivity contribution in [2.45, 2.75) is 26.9 Å². The third-order valence-corrected chi connectivity index (χ3v) is 1.30. The zero-order valence-electron chi connectivity index (χ0n) is 6.29. The second-order valence-corrected chi connectivity index (χ2v) is 2.58. The molecule has 0 rings (SSSR count). The average Bonchev–Trinajstić information content (AvgIpc) is 1.60. The van der Waals surface area contributed by atoms with Crippen LogP contribution >= 0.6 is 0 Å². The molecule has 0 saturated heterocycles. The average molecular weight is 152 g/mol. The minimum atomic E-state index is -4.16. The van der Waals surface area contributed by atoms with Crippen LogP contribution in [0.1, 0.15) is 20.8 Å². The van der Waals surface area contributed by atoms with Crippen molar-refractivity contribution in [3.05, 3.63) is 11.6 Å². The Morgan fingerprint density at radius 3 is 1.80 bits per heavy atom. The van der Waals surface area contributed by atoms with E-state index in [1.165, 1.54) is 6.92 Å². The van der Waals surface area contributed by atoms with E-state index < -0.39 is 6.18 Å². The Labute approximate surface area is 58.7 Å². The van der Waals surface area contributed by atoms with Crippen LogP contribution in [0.15, 0.2) is 11.6 Å². The summed E-state index contributed by atoms with van der Waals surface area (Å²) in [5.41, 5.74) is 0.368. The van der Waals surface area contributed by atoms with Gasteiger partial charge in [0.05, 0.1) is 0 Å². The molecule has 0 radical (unpaired) electrons. The third kappa shape index (κ3) is 4.41. The van der Waals surface area contributed by atoms with Crippen LogP contribution in [-0.2, 0) is 0 Å². The fraction of sp³-hybridized carbons (Fsp3) is 0.714. The highest BCUT2D eigenvalue weighted by atomic mass is 19.4. The summed E-state index contributed by atoms with van der Waals surface area (Å²) in [5.74, 6) is -0.0263. The molecule has 3 heteroatoms. The first-order valence-corrected chi connectivity index (χ1v) is 3.09. The Hall–Kier alpha value is -0.470. The summed E-state index contributed by atoms with van der Waals surface area (Å²) in [7, 11) is 0. The van der Waals surface area contributed by atoms with Crippen LogP contribution in [0.4, 0.5) is 13.2 Å². The van der Waals surface area contributed by atoms with Crippen LogP contribution in [-0.4, -0.2) is 6.18 Å². The van der Waals surface area contributed by atoms with Gasteiger partial charge >= 0.3 is 6.18 Å². The van der Waals surface area contributed by atoms with Gasteiger partial charge in [-0.25, -0.2) is 0 Å². The number of alkyl halides is 3. The van der Waals surface area contributed by atoms with Gasteiger partial charge in [-0.3, -0.25) is 0 Å². The zero-order valence-corrected chi connectivity index (χ0v) is 6.29. The molecule has 0 N–H and O–H groups in total. The lowest BCUT2D eigenvalue weighted by Gasteiger charge is -2.06. The van der Waals surface area contributed by atoms with E-state index >= 15 is 0 Å². The Kier molecular flexibility index (Phi) is 2.94. The molecule has 0 aromatic rings. The van der Waals surface area contributed by atoms with Gasteiger partial charge in [-0.2, -0.15) is 13.2 Å². The molecule has 0 aromatic heterocycles. The lowest BCUT2D eigenvalue weighted by Crippen LogP contribution is -2.04. The van der Waals surface area contributed by atoms with Crippen LogP contribution in [0.3, 0.4) is 0 Å². The number of hydrogen-bond acceptors (Lipinski definition) is 0. The minimum absolute atomic E-state index is 0.0263. The summed E-state index contributed by atoms with van der Waals surface area (Å²) in [6.07, 6.45) is -3.81. The summed E-state index contributed by atoms with van der Waals surface area (Å²) in [5, 5.41) is 0. The number of rotatable bonds is 1. The van der Waals surface area contributed by atoms with Gasteiger partial charge in [0.25, 0.3) is 0 Å². The molecule has 0 nitrogen and oxygen atoms in total. The first kappa shape index (κ1) is 9.53. The second-order valence-electron chi connectivity index (χ2n) is 2.58. The fourth-order valence-electron chi connectivity index (χ4n) is 0.425. The molecular formula is C7H11F3. The highest BCUT2D eigenvalue weighted by molar-refractivity contribution is 5.04. The molecule has 0 spiro atoms. The van der Waals surface area contributed by atoms with Crippen molar-refractivity contribution >= 4 is 0 Å². The molecule has 0 saturated carbocycles. The van der Waals surface area contributed by atoms with Gasteiger partial charge in [-0.15, -0.1) is 0 Å². The smallest absolute Gasteiger partial charge is 0.167 e. The van der Waals surface area contributed by atoms with Crippen molar-refractivity contribution in [2.24, 2.45) is 5.92 Å². The Morgan fingerprint density at radius 1 is 1.30 bits per heavy atom. The van der Waals surface area contributed by atoms with Crippen LogP contribution in [0.25, 0.3) is 0 Å². The third-order valence-electron chi connectivity index (χ3n) is 1.30. The van der Waals surface area contributed by atoms with Crippen molar-refractivity contribution < 1.29 is 13.2 Å². The predicted molar refractivity (Wildman–Crippen MR) is 34.6 cm³/mol. The summed E-state index contributed by atoms with van der Waals surface area (Å²) >= 11 is 0. The van der Waals surface area contributed by atoms with Gasteiger partial charge in [0.1, 0.15) is 0 Å². The molecule has 0 unspecified atom stereocenters. The lowest BCUT2D eigenvalue weighted by molar-refractivity contribution is -0.0808. The van der Waals surface area contributed by atoms with E-state index in [1.807, 2.05) is 0 Å². The molecule has 0 bridgehead atoms. The summed E-state index contributed by atoms with van der Waals surface area (Å²) in [6.45, 7) is 4.95. The Morgan fingerprint density at radius 2 is 1.70 bits per heavy atom. The van der Waals surface area contributed by atoms with Crippen molar-refractivity contribution in [3.63, 3.8) is 0 Å². The molecule has 0 aliphatic rings. The maximum Gasteiger partial charge on any atom is 0.409 e. The monoisotopic (exact) mass is 152 g/mol. The Balaban J connectivity index is 4.17. The molecule has 0 fully saturated rings. The number of hydrogen-bond donors (Lipinski definition) is 0. The van der Waals surface area contributed by atoms with Gasteiger partial charge in [0.2, 0.25) is 0 Å². The Bertz CT molecular complexity index is 130. The maximum atomic E-state index is 11.6. The van der Waals surface area contributed by atoms with Gasteiger partial charge in [-0.05, 0) is 12.8 Å². The first-order valence-electron chi connectivity index (χ1n) is 3.09.